The normalized spacial score (nSPS) is 15.1. The van der Waals surface area contributed by atoms with Crippen LogP contribution in [0.25, 0.3) is 0 Å². The SMILES string of the molecule is CCN(C)C(=O)COc1ccc2c(c1)C(c1ccccc1)N(C(=O)c1ccccc1)CC2. The Morgan fingerprint density at radius 2 is 1.69 bits per heavy atom. The summed E-state index contributed by atoms with van der Waals surface area (Å²) in [6, 6.07) is 25.2. The third-order valence-corrected chi connectivity index (χ3v) is 6.00. The van der Waals surface area contributed by atoms with Gasteiger partial charge in [0.05, 0.1) is 6.04 Å². The Hall–Kier alpha value is -3.60. The minimum atomic E-state index is -0.217. The van der Waals surface area contributed by atoms with Crippen molar-refractivity contribution in [2.75, 3.05) is 26.7 Å². The topological polar surface area (TPSA) is 49.9 Å². The summed E-state index contributed by atoms with van der Waals surface area (Å²) in [5.41, 5.74) is 3.97. The van der Waals surface area contributed by atoms with E-state index >= 15 is 0 Å². The molecule has 3 aromatic carbocycles. The molecule has 0 saturated carbocycles. The number of hydrogen-bond donors (Lipinski definition) is 0. The predicted octanol–water partition coefficient (Wildman–Crippen LogP) is 4.33. The molecule has 164 valence electrons. The lowest BCUT2D eigenvalue weighted by atomic mass is 9.87. The molecule has 5 nitrogen and oxygen atoms in total. The minimum Gasteiger partial charge on any atom is -0.484 e. The molecule has 2 amide bonds. The second kappa shape index (κ2) is 9.69. The zero-order valence-electron chi connectivity index (χ0n) is 18.5. The molecule has 0 N–H and O–H groups in total. The van der Waals surface area contributed by atoms with Crippen molar-refractivity contribution in [3.8, 4) is 5.75 Å². The van der Waals surface area contributed by atoms with Crippen molar-refractivity contribution in [1.82, 2.24) is 9.80 Å². The van der Waals surface area contributed by atoms with Crippen molar-refractivity contribution < 1.29 is 14.3 Å². The van der Waals surface area contributed by atoms with Crippen LogP contribution in [0.15, 0.2) is 78.9 Å². The van der Waals surface area contributed by atoms with Crippen LogP contribution in [0.1, 0.15) is 40.0 Å². The van der Waals surface area contributed by atoms with E-state index < -0.39 is 0 Å². The number of hydrogen-bond acceptors (Lipinski definition) is 3. The maximum atomic E-state index is 13.4. The molecule has 5 heteroatoms. The Balaban J connectivity index is 1.68. The van der Waals surface area contributed by atoms with Crippen molar-refractivity contribution in [2.45, 2.75) is 19.4 Å². The van der Waals surface area contributed by atoms with Gasteiger partial charge < -0.3 is 14.5 Å². The van der Waals surface area contributed by atoms with Crippen LogP contribution < -0.4 is 4.74 Å². The van der Waals surface area contributed by atoms with Gasteiger partial charge in [-0.05, 0) is 54.3 Å². The Morgan fingerprint density at radius 1 is 1.00 bits per heavy atom. The smallest absolute Gasteiger partial charge is 0.260 e. The summed E-state index contributed by atoms with van der Waals surface area (Å²) >= 11 is 0. The highest BCUT2D eigenvalue weighted by molar-refractivity contribution is 5.95. The molecule has 32 heavy (non-hydrogen) atoms. The van der Waals surface area contributed by atoms with Crippen molar-refractivity contribution in [1.29, 1.82) is 0 Å². The minimum absolute atomic E-state index is 0.00814. The maximum Gasteiger partial charge on any atom is 0.260 e. The first-order valence-corrected chi connectivity index (χ1v) is 11.0. The molecule has 0 fully saturated rings. The lowest BCUT2D eigenvalue weighted by molar-refractivity contribution is -0.131. The van der Waals surface area contributed by atoms with Crippen LogP contribution in [0.2, 0.25) is 0 Å². The number of nitrogens with zero attached hydrogens (tertiary/aromatic N) is 2. The summed E-state index contributed by atoms with van der Waals surface area (Å²) in [6.45, 7) is 3.20. The monoisotopic (exact) mass is 428 g/mol. The second-order valence-corrected chi connectivity index (χ2v) is 7.99. The highest BCUT2D eigenvalue weighted by Crippen LogP contribution is 2.37. The number of likely N-dealkylation sites (N-methyl/N-ethyl adjacent to an activating group) is 1. The summed E-state index contributed by atoms with van der Waals surface area (Å²) in [5, 5.41) is 0. The molecule has 1 aliphatic heterocycles. The summed E-state index contributed by atoms with van der Waals surface area (Å²) in [6.07, 6.45) is 0.773. The average Bonchev–Trinajstić information content (AvgIpc) is 2.86. The Labute approximate surface area is 189 Å². The number of rotatable bonds is 6. The number of carbonyl (C=O) groups is 2. The van der Waals surface area contributed by atoms with Crippen molar-refractivity contribution in [3.05, 3.63) is 101 Å². The second-order valence-electron chi connectivity index (χ2n) is 7.99. The standard InChI is InChI=1S/C27H28N2O3/c1-3-28(2)25(30)19-32-23-15-14-20-16-17-29(27(31)22-12-8-5-9-13-22)26(24(20)18-23)21-10-6-4-7-11-21/h4-15,18,26H,3,16-17,19H2,1-2H3. The number of fused-ring (bicyclic) bond motifs is 1. The lowest BCUT2D eigenvalue weighted by Crippen LogP contribution is -2.40. The highest BCUT2D eigenvalue weighted by Gasteiger charge is 2.32. The first-order valence-electron chi connectivity index (χ1n) is 11.0. The van der Waals surface area contributed by atoms with Gasteiger partial charge in [0.15, 0.2) is 6.61 Å². The molecule has 1 aliphatic rings. The van der Waals surface area contributed by atoms with Crippen LogP contribution in [-0.2, 0) is 11.2 Å². The van der Waals surface area contributed by atoms with Gasteiger partial charge in [-0.3, -0.25) is 9.59 Å². The average molecular weight is 429 g/mol. The van der Waals surface area contributed by atoms with E-state index in [0.717, 1.165) is 17.5 Å². The molecule has 3 aromatic rings. The number of amides is 2. The molecule has 1 unspecified atom stereocenters. The Kier molecular flexibility index (Phi) is 6.55. The van der Waals surface area contributed by atoms with E-state index in [1.165, 1.54) is 5.56 Å². The highest BCUT2D eigenvalue weighted by atomic mass is 16.5. The largest absolute Gasteiger partial charge is 0.484 e. The summed E-state index contributed by atoms with van der Waals surface area (Å²) in [5.74, 6) is 0.582. The fourth-order valence-corrected chi connectivity index (χ4v) is 4.07. The third-order valence-electron chi connectivity index (χ3n) is 6.00. The number of ether oxygens (including phenoxy) is 1. The van der Waals surface area contributed by atoms with Crippen molar-refractivity contribution >= 4 is 11.8 Å². The quantitative estimate of drug-likeness (QED) is 0.587. The molecule has 4 rings (SSSR count). The third kappa shape index (κ3) is 4.52. The van der Waals surface area contributed by atoms with Gasteiger partial charge in [-0.15, -0.1) is 0 Å². The summed E-state index contributed by atoms with van der Waals surface area (Å²) in [4.78, 5) is 29.2. The van der Waals surface area contributed by atoms with Gasteiger partial charge in [0.1, 0.15) is 5.75 Å². The molecular formula is C27H28N2O3. The van der Waals surface area contributed by atoms with Gasteiger partial charge in [0, 0.05) is 25.7 Å². The number of benzene rings is 3. The van der Waals surface area contributed by atoms with Gasteiger partial charge in [-0.25, -0.2) is 0 Å². The molecule has 0 spiro atoms. The van der Waals surface area contributed by atoms with Crippen molar-refractivity contribution in [3.63, 3.8) is 0 Å². The van der Waals surface area contributed by atoms with Crippen LogP contribution in [0, 0.1) is 0 Å². The molecule has 0 aromatic heterocycles. The van der Waals surface area contributed by atoms with E-state index in [-0.39, 0.29) is 24.5 Å². The Morgan fingerprint density at radius 3 is 2.38 bits per heavy atom. The van der Waals surface area contributed by atoms with E-state index in [0.29, 0.717) is 24.4 Å². The number of carbonyl (C=O) groups excluding carboxylic acids is 2. The van der Waals surface area contributed by atoms with Gasteiger partial charge >= 0.3 is 0 Å². The predicted molar refractivity (Wildman–Crippen MR) is 125 cm³/mol. The molecule has 1 heterocycles. The molecular weight excluding hydrogens is 400 g/mol. The van der Waals surface area contributed by atoms with E-state index in [1.807, 2.05) is 72.5 Å². The molecule has 0 saturated heterocycles. The zero-order valence-corrected chi connectivity index (χ0v) is 18.5. The van der Waals surface area contributed by atoms with E-state index in [9.17, 15) is 9.59 Å². The molecule has 0 aliphatic carbocycles. The Bertz CT molecular complexity index is 1080. The molecule has 0 bridgehead atoms. The van der Waals surface area contributed by atoms with Crippen LogP contribution in [0.4, 0.5) is 0 Å². The van der Waals surface area contributed by atoms with Crippen LogP contribution in [0.5, 0.6) is 5.75 Å². The fraction of sp³-hybridized carbons (Fsp3) is 0.259. The molecule has 0 radical (unpaired) electrons. The molecule has 1 atom stereocenters. The lowest BCUT2D eigenvalue weighted by Gasteiger charge is -2.38. The van der Waals surface area contributed by atoms with Crippen molar-refractivity contribution in [2.24, 2.45) is 0 Å². The zero-order chi connectivity index (χ0) is 22.5. The van der Waals surface area contributed by atoms with Crippen LogP contribution in [-0.4, -0.2) is 48.4 Å². The summed E-state index contributed by atoms with van der Waals surface area (Å²) in [7, 11) is 1.76. The fourth-order valence-electron chi connectivity index (χ4n) is 4.07. The van der Waals surface area contributed by atoms with Gasteiger partial charge in [-0.2, -0.15) is 0 Å². The van der Waals surface area contributed by atoms with Gasteiger partial charge in [0.2, 0.25) is 0 Å². The van der Waals surface area contributed by atoms with Gasteiger partial charge in [-0.1, -0.05) is 54.6 Å². The van der Waals surface area contributed by atoms with E-state index in [2.05, 4.69) is 18.2 Å². The first kappa shape index (κ1) is 21.6. The van der Waals surface area contributed by atoms with E-state index in [1.54, 1.807) is 11.9 Å². The summed E-state index contributed by atoms with van der Waals surface area (Å²) < 4.78 is 5.83. The van der Waals surface area contributed by atoms with Gasteiger partial charge in [0.25, 0.3) is 11.8 Å². The first-order chi connectivity index (χ1) is 15.6. The van der Waals surface area contributed by atoms with E-state index in [4.69, 9.17) is 4.74 Å². The van der Waals surface area contributed by atoms with Crippen LogP contribution in [0.3, 0.4) is 0 Å². The maximum absolute atomic E-state index is 13.4. The van der Waals surface area contributed by atoms with Crippen LogP contribution >= 0.6 is 0 Å².